The van der Waals surface area contributed by atoms with Gasteiger partial charge in [0.1, 0.15) is 0 Å². The average Bonchev–Trinajstić information content (AvgIpc) is 2.53. The Morgan fingerprint density at radius 1 is 1.62 bits per heavy atom. The van der Waals surface area contributed by atoms with Crippen LogP contribution in [-0.2, 0) is 0 Å². The highest BCUT2D eigenvalue weighted by atomic mass is 16.3. The van der Waals surface area contributed by atoms with Gasteiger partial charge in [0, 0.05) is 19.6 Å². The zero-order valence-corrected chi connectivity index (χ0v) is 8.58. The van der Waals surface area contributed by atoms with Crippen LogP contribution in [0.3, 0.4) is 0 Å². The number of hydrogen-bond acceptors (Lipinski definition) is 3. The molecule has 1 rings (SSSR count). The molecular weight excluding hydrogens is 164 g/mol. The molecule has 0 radical (unpaired) electrons. The number of rotatable bonds is 5. The molecule has 0 aromatic carbocycles. The molecule has 0 amide bonds. The van der Waals surface area contributed by atoms with Crippen molar-refractivity contribution in [1.29, 1.82) is 0 Å². The van der Waals surface area contributed by atoms with Crippen molar-refractivity contribution in [3.63, 3.8) is 0 Å². The molecule has 2 unspecified atom stereocenters. The predicted molar refractivity (Wildman–Crippen MR) is 54.5 cm³/mol. The Balaban J connectivity index is 2.17. The van der Waals surface area contributed by atoms with Crippen LogP contribution in [0.4, 0.5) is 0 Å². The fraction of sp³-hybridized carbons (Fsp3) is 1.00. The van der Waals surface area contributed by atoms with Crippen molar-refractivity contribution >= 4 is 0 Å². The molecule has 0 aliphatic carbocycles. The van der Waals surface area contributed by atoms with Crippen LogP contribution in [0.5, 0.6) is 0 Å². The van der Waals surface area contributed by atoms with Crippen molar-refractivity contribution in [3.05, 3.63) is 0 Å². The van der Waals surface area contributed by atoms with E-state index >= 15 is 0 Å². The van der Waals surface area contributed by atoms with E-state index in [0.29, 0.717) is 6.54 Å². The minimum atomic E-state index is -0.333. The summed E-state index contributed by atoms with van der Waals surface area (Å²) in [6.07, 6.45) is 3.57. The van der Waals surface area contributed by atoms with Gasteiger partial charge in [0.15, 0.2) is 0 Å². The molecule has 13 heavy (non-hydrogen) atoms. The van der Waals surface area contributed by atoms with E-state index in [1.807, 2.05) is 0 Å². The lowest BCUT2D eigenvalue weighted by molar-refractivity contribution is 0.129. The Morgan fingerprint density at radius 3 is 3.00 bits per heavy atom. The van der Waals surface area contributed by atoms with Crippen molar-refractivity contribution in [3.8, 4) is 0 Å². The van der Waals surface area contributed by atoms with Gasteiger partial charge >= 0.3 is 0 Å². The van der Waals surface area contributed by atoms with Gasteiger partial charge in [-0.25, -0.2) is 0 Å². The van der Waals surface area contributed by atoms with E-state index in [4.69, 9.17) is 5.73 Å². The highest BCUT2D eigenvalue weighted by molar-refractivity contribution is 4.77. The normalized spacial score (nSPS) is 26.5. The summed E-state index contributed by atoms with van der Waals surface area (Å²) in [5.74, 6) is 0.856. The van der Waals surface area contributed by atoms with E-state index in [9.17, 15) is 5.11 Å². The van der Waals surface area contributed by atoms with Gasteiger partial charge in [-0.05, 0) is 25.3 Å². The number of aliphatic hydroxyl groups is 1. The van der Waals surface area contributed by atoms with Crippen molar-refractivity contribution in [2.45, 2.75) is 32.3 Å². The van der Waals surface area contributed by atoms with Crippen LogP contribution in [0, 0.1) is 5.92 Å². The molecular formula is C10H22N2O. The van der Waals surface area contributed by atoms with Crippen molar-refractivity contribution in [2.24, 2.45) is 11.7 Å². The highest BCUT2D eigenvalue weighted by Gasteiger charge is 2.22. The molecule has 3 nitrogen and oxygen atoms in total. The first-order chi connectivity index (χ1) is 6.26. The first kappa shape index (κ1) is 11.0. The molecule has 0 aromatic rings. The largest absolute Gasteiger partial charge is 0.390 e. The maximum Gasteiger partial charge on any atom is 0.0789 e. The van der Waals surface area contributed by atoms with Gasteiger partial charge in [-0.1, -0.05) is 13.3 Å². The molecule has 3 heteroatoms. The quantitative estimate of drug-likeness (QED) is 0.654. The highest BCUT2D eigenvalue weighted by Crippen LogP contribution is 2.20. The smallest absolute Gasteiger partial charge is 0.0789 e. The third kappa shape index (κ3) is 3.63. The summed E-state index contributed by atoms with van der Waals surface area (Å²) in [5.41, 5.74) is 5.37. The fourth-order valence-electron chi connectivity index (χ4n) is 2.10. The number of hydrogen-bond donors (Lipinski definition) is 2. The molecule has 78 valence electrons. The van der Waals surface area contributed by atoms with Gasteiger partial charge in [0.25, 0.3) is 0 Å². The topological polar surface area (TPSA) is 49.5 Å². The van der Waals surface area contributed by atoms with E-state index in [-0.39, 0.29) is 6.10 Å². The Labute approximate surface area is 80.9 Å². The lowest BCUT2D eigenvalue weighted by atomic mass is 10.0. The Kier molecular flexibility index (Phi) is 4.70. The van der Waals surface area contributed by atoms with E-state index < -0.39 is 0 Å². The summed E-state index contributed by atoms with van der Waals surface area (Å²) in [5, 5.41) is 9.37. The third-order valence-corrected chi connectivity index (χ3v) is 2.81. The van der Waals surface area contributed by atoms with Gasteiger partial charge in [-0.15, -0.1) is 0 Å². The standard InChI is InChI=1S/C10H22N2O/c1-2-3-9-4-5-12(7-9)8-10(13)6-11/h9-10,13H,2-8,11H2,1H3. The van der Waals surface area contributed by atoms with Crippen LogP contribution in [-0.4, -0.2) is 42.3 Å². The number of likely N-dealkylation sites (tertiary alicyclic amines) is 1. The first-order valence-electron chi connectivity index (χ1n) is 5.36. The summed E-state index contributed by atoms with van der Waals surface area (Å²) in [6.45, 7) is 5.68. The molecule has 1 heterocycles. The molecule has 1 aliphatic rings. The van der Waals surface area contributed by atoms with Crippen molar-refractivity contribution in [1.82, 2.24) is 4.90 Å². The predicted octanol–water partition coefficient (Wildman–Crippen LogP) is 0.428. The van der Waals surface area contributed by atoms with E-state index in [1.54, 1.807) is 0 Å². The molecule has 1 aliphatic heterocycles. The average molecular weight is 186 g/mol. The fourth-order valence-corrected chi connectivity index (χ4v) is 2.10. The summed E-state index contributed by atoms with van der Waals surface area (Å²) >= 11 is 0. The Morgan fingerprint density at radius 2 is 2.38 bits per heavy atom. The molecule has 0 saturated carbocycles. The minimum absolute atomic E-state index is 0.333. The van der Waals surface area contributed by atoms with E-state index in [0.717, 1.165) is 25.6 Å². The van der Waals surface area contributed by atoms with Gasteiger partial charge in [-0.2, -0.15) is 0 Å². The molecule has 0 aromatic heterocycles. The summed E-state index contributed by atoms with van der Waals surface area (Å²) < 4.78 is 0. The minimum Gasteiger partial charge on any atom is -0.390 e. The molecule has 3 N–H and O–H groups in total. The van der Waals surface area contributed by atoms with Crippen LogP contribution in [0.1, 0.15) is 26.2 Å². The maximum atomic E-state index is 9.37. The summed E-state index contributed by atoms with van der Waals surface area (Å²) in [6, 6.07) is 0. The van der Waals surface area contributed by atoms with Gasteiger partial charge < -0.3 is 15.7 Å². The SMILES string of the molecule is CCCC1CCN(CC(O)CN)C1. The number of nitrogens with zero attached hydrogens (tertiary/aromatic N) is 1. The van der Waals surface area contributed by atoms with E-state index in [2.05, 4.69) is 11.8 Å². The molecule has 1 fully saturated rings. The zero-order valence-electron chi connectivity index (χ0n) is 8.58. The zero-order chi connectivity index (χ0) is 9.68. The first-order valence-corrected chi connectivity index (χ1v) is 5.36. The van der Waals surface area contributed by atoms with Crippen molar-refractivity contribution < 1.29 is 5.11 Å². The lowest BCUT2D eigenvalue weighted by Gasteiger charge is -2.18. The van der Waals surface area contributed by atoms with Crippen LogP contribution in [0.25, 0.3) is 0 Å². The maximum absolute atomic E-state index is 9.37. The van der Waals surface area contributed by atoms with Crippen LogP contribution >= 0.6 is 0 Å². The second-order valence-corrected chi connectivity index (χ2v) is 4.09. The second kappa shape index (κ2) is 5.58. The third-order valence-electron chi connectivity index (χ3n) is 2.81. The molecule has 0 spiro atoms. The van der Waals surface area contributed by atoms with Gasteiger partial charge in [-0.3, -0.25) is 0 Å². The van der Waals surface area contributed by atoms with Gasteiger partial charge in [0.2, 0.25) is 0 Å². The summed E-state index contributed by atoms with van der Waals surface area (Å²) in [7, 11) is 0. The number of nitrogens with two attached hydrogens (primary N) is 1. The number of aliphatic hydroxyl groups excluding tert-OH is 1. The molecule has 2 atom stereocenters. The van der Waals surface area contributed by atoms with E-state index in [1.165, 1.54) is 19.3 Å². The second-order valence-electron chi connectivity index (χ2n) is 4.09. The molecule has 0 bridgehead atoms. The van der Waals surface area contributed by atoms with Gasteiger partial charge in [0.05, 0.1) is 6.10 Å². The lowest BCUT2D eigenvalue weighted by Crippen LogP contribution is -2.35. The Hall–Kier alpha value is -0.120. The monoisotopic (exact) mass is 186 g/mol. The molecule has 1 saturated heterocycles. The summed E-state index contributed by atoms with van der Waals surface area (Å²) in [4.78, 5) is 2.33. The Bertz CT molecular complexity index is 141. The number of β-amino-alcohol motifs (C(OH)–C–C–N with tert-alkyl or cyclic N) is 1. The van der Waals surface area contributed by atoms with Crippen LogP contribution in [0.2, 0.25) is 0 Å². The van der Waals surface area contributed by atoms with Crippen molar-refractivity contribution in [2.75, 3.05) is 26.2 Å². The van der Waals surface area contributed by atoms with Crippen LogP contribution < -0.4 is 5.73 Å². The van der Waals surface area contributed by atoms with Crippen LogP contribution in [0.15, 0.2) is 0 Å².